The number of furan rings is 1. The van der Waals surface area contributed by atoms with E-state index in [-0.39, 0.29) is 16.9 Å². The van der Waals surface area contributed by atoms with Gasteiger partial charge in [0.15, 0.2) is 4.96 Å². The van der Waals surface area contributed by atoms with Crippen molar-refractivity contribution in [3.05, 3.63) is 79.8 Å². The minimum absolute atomic E-state index is 0.165. The number of hydrogen-bond donors (Lipinski definition) is 2. The first-order valence-electron chi connectivity index (χ1n) is 9.42. The van der Waals surface area contributed by atoms with Crippen LogP contribution in [0.25, 0.3) is 33.4 Å². The Morgan fingerprint density at radius 2 is 1.90 bits per heavy atom. The van der Waals surface area contributed by atoms with E-state index >= 15 is 0 Å². The molecule has 0 aliphatic heterocycles. The third kappa shape index (κ3) is 3.08. The zero-order chi connectivity index (χ0) is 21.9. The molecule has 2 aromatic carbocycles. The second kappa shape index (κ2) is 6.82. The summed E-state index contributed by atoms with van der Waals surface area (Å²) in [6.45, 7) is 4.02. The summed E-state index contributed by atoms with van der Waals surface area (Å²) in [6, 6.07) is 11.6. The number of benzene rings is 2. The van der Waals surface area contributed by atoms with Gasteiger partial charge in [0.05, 0.1) is 11.0 Å². The molecule has 31 heavy (non-hydrogen) atoms. The molecule has 0 atom stereocenters. The van der Waals surface area contributed by atoms with E-state index in [0.29, 0.717) is 26.6 Å². The lowest BCUT2D eigenvalue weighted by Crippen LogP contribution is -2.22. The third-order valence-electron chi connectivity index (χ3n) is 5.27. The first-order chi connectivity index (χ1) is 14.8. The van der Waals surface area contributed by atoms with Crippen LogP contribution in [0.15, 0.2) is 51.7 Å². The van der Waals surface area contributed by atoms with Crippen LogP contribution in [0.2, 0.25) is 0 Å². The van der Waals surface area contributed by atoms with E-state index in [0.717, 1.165) is 22.2 Å². The van der Waals surface area contributed by atoms with Gasteiger partial charge in [-0.1, -0.05) is 11.3 Å². The summed E-state index contributed by atoms with van der Waals surface area (Å²) in [7, 11) is 0. The number of phenols is 1. The Balaban J connectivity index is 1.59. The van der Waals surface area contributed by atoms with E-state index in [1.165, 1.54) is 23.5 Å². The highest BCUT2D eigenvalue weighted by Crippen LogP contribution is 2.28. The van der Waals surface area contributed by atoms with Gasteiger partial charge in [-0.05, 0) is 67.4 Å². The average molecular weight is 432 g/mol. The van der Waals surface area contributed by atoms with Gasteiger partial charge >= 0.3 is 5.97 Å². The van der Waals surface area contributed by atoms with Crippen molar-refractivity contribution in [2.45, 2.75) is 13.8 Å². The molecule has 7 nitrogen and oxygen atoms in total. The predicted octanol–water partition coefficient (Wildman–Crippen LogP) is 3.74. The van der Waals surface area contributed by atoms with Crippen molar-refractivity contribution in [1.82, 2.24) is 9.38 Å². The van der Waals surface area contributed by atoms with Gasteiger partial charge in [0.2, 0.25) is 0 Å². The maximum Gasteiger partial charge on any atom is 0.339 e. The minimum Gasteiger partial charge on any atom is -0.507 e. The lowest BCUT2D eigenvalue weighted by Gasteiger charge is -2.02. The van der Waals surface area contributed by atoms with E-state index in [9.17, 15) is 19.8 Å². The molecule has 0 spiro atoms. The molecule has 0 fully saturated rings. The normalized spacial score (nSPS) is 12.3. The molecule has 0 aliphatic carbocycles. The number of aromatic carboxylic acids is 1. The van der Waals surface area contributed by atoms with Gasteiger partial charge in [-0.3, -0.25) is 4.79 Å². The Bertz CT molecular complexity index is 1620. The van der Waals surface area contributed by atoms with E-state index in [4.69, 9.17) is 4.42 Å². The van der Waals surface area contributed by atoms with Crippen LogP contribution in [0.1, 0.15) is 27.2 Å². The van der Waals surface area contributed by atoms with E-state index in [1.807, 2.05) is 26.0 Å². The summed E-state index contributed by atoms with van der Waals surface area (Å²) in [5.74, 6) is -0.657. The van der Waals surface area contributed by atoms with Gasteiger partial charge in [-0.2, -0.15) is 0 Å². The van der Waals surface area contributed by atoms with E-state index in [2.05, 4.69) is 4.98 Å². The van der Waals surface area contributed by atoms with E-state index < -0.39 is 5.97 Å². The maximum atomic E-state index is 13.0. The SMILES string of the molecule is Cc1cc2nc3s/c(=C\c4ccc(-c5ccc(O)c(C(=O)O)c5)o4)c(=O)n3c2cc1C. The maximum absolute atomic E-state index is 13.0. The van der Waals surface area contributed by atoms with Crippen molar-refractivity contribution in [3.8, 4) is 17.1 Å². The highest BCUT2D eigenvalue weighted by molar-refractivity contribution is 7.15. The van der Waals surface area contributed by atoms with Crippen LogP contribution in [0, 0.1) is 13.8 Å². The van der Waals surface area contributed by atoms with Crippen molar-refractivity contribution >= 4 is 39.4 Å². The number of imidazole rings is 1. The topological polar surface area (TPSA) is 105 Å². The fourth-order valence-corrected chi connectivity index (χ4v) is 4.46. The monoisotopic (exact) mass is 432 g/mol. The van der Waals surface area contributed by atoms with Crippen molar-refractivity contribution in [3.63, 3.8) is 0 Å². The third-order valence-corrected chi connectivity index (χ3v) is 6.23. The Kier molecular flexibility index (Phi) is 4.19. The molecule has 3 heterocycles. The van der Waals surface area contributed by atoms with Gasteiger partial charge in [-0.25, -0.2) is 14.2 Å². The molecule has 2 N–H and O–H groups in total. The summed E-state index contributed by atoms with van der Waals surface area (Å²) in [5, 5.41) is 18.9. The molecule has 0 aliphatic rings. The van der Waals surface area contributed by atoms with Crippen LogP contribution in [-0.2, 0) is 0 Å². The molecule has 0 unspecified atom stereocenters. The average Bonchev–Trinajstić information content (AvgIpc) is 3.39. The highest BCUT2D eigenvalue weighted by Gasteiger charge is 2.14. The molecule has 0 radical (unpaired) electrons. The molecule has 5 aromatic rings. The van der Waals surface area contributed by atoms with Crippen LogP contribution < -0.4 is 10.1 Å². The summed E-state index contributed by atoms with van der Waals surface area (Å²) < 4.78 is 7.90. The quantitative estimate of drug-likeness (QED) is 0.450. The number of carbonyl (C=O) groups is 1. The molecular weight excluding hydrogens is 416 g/mol. The number of carboxylic acid groups (broad SMARTS) is 1. The zero-order valence-electron chi connectivity index (χ0n) is 16.5. The molecule has 0 saturated carbocycles. The van der Waals surface area contributed by atoms with Gasteiger partial charge in [0.25, 0.3) is 5.56 Å². The minimum atomic E-state index is -1.23. The van der Waals surface area contributed by atoms with Crippen molar-refractivity contribution in [2.75, 3.05) is 0 Å². The Labute approximate surface area is 179 Å². The Hall–Kier alpha value is -3.91. The lowest BCUT2D eigenvalue weighted by atomic mass is 10.1. The van der Waals surface area contributed by atoms with Crippen LogP contribution in [0.5, 0.6) is 5.75 Å². The second-order valence-corrected chi connectivity index (χ2v) is 8.32. The summed E-state index contributed by atoms with van der Waals surface area (Å²) >= 11 is 1.28. The zero-order valence-corrected chi connectivity index (χ0v) is 17.4. The van der Waals surface area contributed by atoms with E-state index in [1.54, 1.807) is 28.7 Å². The molecule has 3 aromatic heterocycles. The highest BCUT2D eigenvalue weighted by atomic mass is 32.1. The largest absolute Gasteiger partial charge is 0.507 e. The number of nitrogens with zero attached hydrogens (tertiary/aromatic N) is 2. The molecule has 0 bridgehead atoms. The van der Waals surface area contributed by atoms with Crippen molar-refractivity contribution in [1.29, 1.82) is 0 Å². The Morgan fingerprint density at radius 1 is 1.13 bits per heavy atom. The number of aryl methyl sites for hydroxylation is 2. The fourth-order valence-electron chi connectivity index (χ4n) is 3.49. The van der Waals surface area contributed by atoms with Gasteiger partial charge in [0.1, 0.15) is 27.4 Å². The van der Waals surface area contributed by atoms with Crippen LogP contribution >= 0.6 is 11.3 Å². The first-order valence-corrected chi connectivity index (χ1v) is 10.2. The molecule has 154 valence electrons. The number of hydrogen-bond acceptors (Lipinski definition) is 6. The first kappa shape index (κ1) is 19.1. The summed E-state index contributed by atoms with van der Waals surface area (Å²) in [4.78, 5) is 29.4. The number of fused-ring (bicyclic) bond motifs is 3. The van der Waals surface area contributed by atoms with Gasteiger partial charge < -0.3 is 14.6 Å². The number of aromatic nitrogens is 2. The van der Waals surface area contributed by atoms with Crippen molar-refractivity contribution in [2.24, 2.45) is 0 Å². The van der Waals surface area contributed by atoms with Crippen LogP contribution in [0.4, 0.5) is 0 Å². The number of thiazole rings is 1. The smallest absolute Gasteiger partial charge is 0.339 e. The molecule has 5 rings (SSSR count). The van der Waals surface area contributed by atoms with Crippen LogP contribution in [-0.4, -0.2) is 25.6 Å². The standard InChI is InChI=1S/C23H16N2O5S/c1-11-7-16-17(8-12(11)2)25-21(27)20(31-23(25)24-16)10-14-4-6-19(30-14)13-3-5-18(26)15(9-13)22(28)29/h3-10,26H,1-2H3,(H,28,29)/b20-10-. The summed E-state index contributed by atoms with van der Waals surface area (Å²) in [5.41, 5.74) is 3.93. The van der Waals surface area contributed by atoms with Gasteiger partial charge in [0, 0.05) is 11.6 Å². The predicted molar refractivity (Wildman–Crippen MR) is 118 cm³/mol. The lowest BCUT2D eigenvalue weighted by molar-refractivity contribution is 0.0694. The Morgan fingerprint density at radius 3 is 2.68 bits per heavy atom. The number of rotatable bonds is 3. The second-order valence-electron chi connectivity index (χ2n) is 7.31. The van der Waals surface area contributed by atoms with Gasteiger partial charge in [-0.15, -0.1) is 0 Å². The molecular formula is C23H16N2O5S. The molecule has 8 heteroatoms. The van der Waals surface area contributed by atoms with Crippen molar-refractivity contribution < 1.29 is 19.4 Å². The molecule has 0 saturated heterocycles. The van der Waals surface area contributed by atoms with Crippen LogP contribution in [0.3, 0.4) is 0 Å². The number of aromatic hydroxyl groups is 1. The fraction of sp³-hybridized carbons (Fsp3) is 0.0870. The molecule has 0 amide bonds. The summed E-state index contributed by atoms with van der Waals surface area (Å²) in [6.07, 6.45) is 1.65. The number of carboxylic acids is 1.